The van der Waals surface area contributed by atoms with Gasteiger partial charge in [0.05, 0.1) is 28.4 Å². The molecule has 0 aliphatic heterocycles. The molecule has 0 saturated carbocycles. The number of nitrogens with zero attached hydrogens (tertiary/aromatic N) is 2. The number of hydrogen-bond acceptors (Lipinski definition) is 4. The first-order chi connectivity index (χ1) is 10.1. The van der Waals surface area contributed by atoms with Gasteiger partial charge in [0.15, 0.2) is 11.6 Å². The Morgan fingerprint density at radius 2 is 2.05 bits per heavy atom. The van der Waals surface area contributed by atoms with Gasteiger partial charge in [-0.15, -0.1) is 0 Å². The number of halogens is 1. The van der Waals surface area contributed by atoms with E-state index < -0.39 is 17.4 Å². The summed E-state index contributed by atoms with van der Waals surface area (Å²) in [5, 5.41) is 0.0610. The molecule has 0 aliphatic rings. The Kier molecular flexibility index (Phi) is 3.06. The van der Waals surface area contributed by atoms with Crippen molar-refractivity contribution in [1.82, 2.24) is 15.0 Å². The molecular weight excluding hydrogens is 273 g/mol. The van der Waals surface area contributed by atoms with Crippen LogP contribution in [0.2, 0.25) is 0 Å². The summed E-state index contributed by atoms with van der Waals surface area (Å²) in [6.45, 7) is 1.15. The molecule has 0 aromatic carbocycles. The zero-order chi connectivity index (χ0) is 15.0. The molecule has 3 rings (SSSR count). The molecule has 0 amide bonds. The molecule has 1 N–H and O–H groups in total. The molecule has 0 radical (unpaired) electrons. The number of hydrogen-bond donors (Lipinski definition) is 1. The Morgan fingerprint density at radius 3 is 2.71 bits per heavy atom. The fourth-order valence-electron chi connectivity index (χ4n) is 2.17. The van der Waals surface area contributed by atoms with Gasteiger partial charge in [-0.05, 0) is 12.1 Å². The predicted octanol–water partition coefficient (Wildman–Crippen LogP) is 2.54. The first-order valence-corrected chi connectivity index (χ1v) is 6.22. The van der Waals surface area contributed by atoms with Crippen LogP contribution in [-0.2, 0) is 4.79 Å². The molecular formula is C15H10FN3O2. The van der Waals surface area contributed by atoms with Gasteiger partial charge in [-0.1, -0.05) is 6.07 Å². The molecule has 0 aliphatic carbocycles. The third-order valence-electron chi connectivity index (χ3n) is 3.13. The van der Waals surface area contributed by atoms with E-state index in [1.165, 1.54) is 6.20 Å². The number of aromatic nitrogens is 3. The fraction of sp³-hybridized carbons (Fsp3) is 0.0667. The van der Waals surface area contributed by atoms with Gasteiger partial charge >= 0.3 is 0 Å². The number of carbonyl (C=O) groups excluding carboxylic acids is 2. The van der Waals surface area contributed by atoms with Gasteiger partial charge in [0, 0.05) is 19.3 Å². The van der Waals surface area contributed by atoms with Crippen molar-refractivity contribution in [2.75, 3.05) is 0 Å². The van der Waals surface area contributed by atoms with Crippen LogP contribution in [0.4, 0.5) is 4.39 Å². The number of Topliss-reactive ketones (excluding diaryl/α,β-unsaturated/α-hetero) is 2. The second-order valence-corrected chi connectivity index (χ2v) is 4.51. The van der Waals surface area contributed by atoms with Crippen LogP contribution >= 0.6 is 0 Å². The number of pyridine rings is 2. The number of rotatable bonds is 3. The smallest absolute Gasteiger partial charge is 0.230 e. The van der Waals surface area contributed by atoms with Crippen LogP contribution in [0.3, 0.4) is 0 Å². The summed E-state index contributed by atoms with van der Waals surface area (Å²) in [5.41, 5.74) is 1.33. The van der Waals surface area contributed by atoms with Crippen LogP contribution in [0.15, 0.2) is 36.8 Å². The Morgan fingerprint density at radius 1 is 1.24 bits per heavy atom. The number of carbonyl (C=O) groups is 2. The lowest BCUT2D eigenvalue weighted by Crippen LogP contribution is -2.09. The summed E-state index contributed by atoms with van der Waals surface area (Å²) in [5.74, 6) is -2.04. The number of aromatic amines is 1. The lowest BCUT2D eigenvalue weighted by atomic mass is 10.1. The maximum atomic E-state index is 14.0. The monoisotopic (exact) mass is 283 g/mol. The predicted molar refractivity (Wildman–Crippen MR) is 74.3 cm³/mol. The van der Waals surface area contributed by atoms with Crippen LogP contribution in [0.25, 0.3) is 22.3 Å². The molecule has 0 bridgehead atoms. The quantitative estimate of drug-likeness (QED) is 0.592. The fourth-order valence-corrected chi connectivity index (χ4v) is 2.17. The first-order valence-electron chi connectivity index (χ1n) is 6.22. The topological polar surface area (TPSA) is 75.7 Å². The maximum absolute atomic E-state index is 14.0. The Labute approximate surface area is 118 Å². The summed E-state index contributed by atoms with van der Waals surface area (Å²) < 4.78 is 14.0. The van der Waals surface area contributed by atoms with Gasteiger partial charge < -0.3 is 4.98 Å². The van der Waals surface area contributed by atoms with Crippen molar-refractivity contribution >= 4 is 22.5 Å². The van der Waals surface area contributed by atoms with E-state index in [1.807, 2.05) is 0 Å². The zero-order valence-electron chi connectivity index (χ0n) is 11.1. The highest BCUT2D eigenvalue weighted by atomic mass is 19.1. The van der Waals surface area contributed by atoms with Crippen LogP contribution in [0.5, 0.6) is 0 Å². The minimum absolute atomic E-state index is 0.00887. The van der Waals surface area contributed by atoms with Gasteiger partial charge in [-0.2, -0.15) is 0 Å². The Hall–Kier alpha value is -2.89. The maximum Gasteiger partial charge on any atom is 0.230 e. The highest BCUT2D eigenvalue weighted by molar-refractivity contribution is 6.45. The van der Waals surface area contributed by atoms with Crippen molar-refractivity contribution in [2.45, 2.75) is 6.92 Å². The molecule has 21 heavy (non-hydrogen) atoms. The normalized spacial score (nSPS) is 10.8. The van der Waals surface area contributed by atoms with E-state index in [9.17, 15) is 14.0 Å². The van der Waals surface area contributed by atoms with E-state index in [1.54, 1.807) is 24.4 Å². The molecule has 6 heteroatoms. The molecule has 0 unspecified atom stereocenters. The van der Waals surface area contributed by atoms with Gasteiger partial charge in [-0.3, -0.25) is 14.6 Å². The molecule has 0 saturated heterocycles. The lowest BCUT2D eigenvalue weighted by molar-refractivity contribution is -0.113. The van der Waals surface area contributed by atoms with E-state index in [-0.39, 0.29) is 10.9 Å². The number of fused-ring (bicyclic) bond motifs is 1. The number of nitrogens with one attached hydrogen (secondary N) is 1. The third-order valence-corrected chi connectivity index (χ3v) is 3.13. The zero-order valence-corrected chi connectivity index (χ0v) is 11.1. The largest absolute Gasteiger partial charge is 0.359 e. The summed E-state index contributed by atoms with van der Waals surface area (Å²) in [4.78, 5) is 34.1. The van der Waals surface area contributed by atoms with Crippen LogP contribution in [0, 0.1) is 5.82 Å². The van der Waals surface area contributed by atoms with Crippen LogP contribution in [0.1, 0.15) is 17.3 Å². The first kappa shape index (κ1) is 13.1. The standard InChI is InChI=1S/C15H10FN3O2/c1-8(20)15(21)9-6-18-14-12(9)10(16)7-19-13(14)11-4-2-3-5-17-11/h2-7,18H,1H3. The van der Waals surface area contributed by atoms with Gasteiger partial charge in [0.25, 0.3) is 0 Å². The van der Waals surface area contributed by atoms with Crippen molar-refractivity contribution in [2.24, 2.45) is 0 Å². The summed E-state index contributed by atoms with van der Waals surface area (Å²) in [6.07, 6.45) is 3.94. The highest BCUT2D eigenvalue weighted by Gasteiger charge is 2.21. The molecule has 3 heterocycles. The third kappa shape index (κ3) is 2.10. The Bertz CT molecular complexity index is 856. The minimum atomic E-state index is -0.738. The number of H-pyrrole nitrogens is 1. The van der Waals surface area contributed by atoms with E-state index in [0.717, 1.165) is 13.1 Å². The minimum Gasteiger partial charge on any atom is -0.359 e. The Balaban J connectivity index is 2.30. The van der Waals surface area contributed by atoms with Crippen molar-refractivity contribution in [3.8, 4) is 11.4 Å². The van der Waals surface area contributed by atoms with E-state index >= 15 is 0 Å². The SMILES string of the molecule is CC(=O)C(=O)c1c[nH]c2c(-c3ccccn3)ncc(F)c12. The van der Waals surface area contributed by atoms with Crippen molar-refractivity contribution < 1.29 is 14.0 Å². The molecule has 0 spiro atoms. The van der Waals surface area contributed by atoms with Crippen molar-refractivity contribution in [1.29, 1.82) is 0 Å². The summed E-state index contributed by atoms with van der Waals surface area (Å²) in [6, 6.07) is 5.26. The van der Waals surface area contributed by atoms with Crippen LogP contribution in [-0.4, -0.2) is 26.5 Å². The molecule has 3 aromatic heterocycles. The van der Waals surface area contributed by atoms with Gasteiger partial charge in [0.2, 0.25) is 5.78 Å². The van der Waals surface area contributed by atoms with Gasteiger partial charge in [-0.25, -0.2) is 9.37 Å². The van der Waals surface area contributed by atoms with Crippen LogP contribution < -0.4 is 0 Å². The highest BCUT2D eigenvalue weighted by Crippen LogP contribution is 2.29. The molecule has 3 aromatic rings. The van der Waals surface area contributed by atoms with E-state index in [2.05, 4.69) is 15.0 Å². The molecule has 0 fully saturated rings. The lowest BCUT2D eigenvalue weighted by Gasteiger charge is -2.03. The van der Waals surface area contributed by atoms with Gasteiger partial charge in [0.1, 0.15) is 5.69 Å². The number of ketones is 2. The van der Waals surface area contributed by atoms with Crippen molar-refractivity contribution in [3.63, 3.8) is 0 Å². The average molecular weight is 283 g/mol. The van der Waals surface area contributed by atoms with E-state index in [4.69, 9.17) is 0 Å². The average Bonchev–Trinajstić information content (AvgIpc) is 2.93. The summed E-state index contributed by atoms with van der Waals surface area (Å²) in [7, 11) is 0. The second-order valence-electron chi connectivity index (χ2n) is 4.51. The van der Waals surface area contributed by atoms with Crippen molar-refractivity contribution in [3.05, 3.63) is 48.2 Å². The van der Waals surface area contributed by atoms with E-state index in [0.29, 0.717) is 16.9 Å². The second kappa shape index (κ2) is 4.90. The molecule has 0 atom stereocenters. The molecule has 104 valence electrons. The summed E-state index contributed by atoms with van der Waals surface area (Å²) >= 11 is 0. The molecule has 5 nitrogen and oxygen atoms in total.